The molecule has 46 heavy (non-hydrogen) atoms. The van der Waals surface area contributed by atoms with Gasteiger partial charge in [-0.15, -0.1) is 0 Å². The Bertz CT molecular complexity index is 1720. The molecule has 0 heterocycles. The Hall–Kier alpha value is -4.34. The van der Waals surface area contributed by atoms with Gasteiger partial charge < -0.3 is 15.0 Å². The molecule has 0 saturated heterocycles. The third-order valence-electron chi connectivity index (χ3n) is 7.77. The van der Waals surface area contributed by atoms with Crippen LogP contribution in [0.25, 0.3) is 0 Å². The van der Waals surface area contributed by atoms with Crippen LogP contribution in [0.1, 0.15) is 37.0 Å². The Morgan fingerprint density at radius 2 is 1.57 bits per heavy atom. The van der Waals surface area contributed by atoms with E-state index in [4.69, 9.17) is 16.3 Å². The summed E-state index contributed by atoms with van der Waals surface area (Å²) >= 11 is 6.30. The molecule has 0 saturated carbocycles. The number of halogens is 1. The van der Waals surface area contributed by atoms with Crippen LogP contribution >= 0.6 is 11.6 Å². The van der Waals surface area contributed by atoms with Gasteiger partial charge in [0.05, 0.1) is 17.7 Å². The van der Waals surface area contributed by atoms with Crippen LogP contribution in [0, 0.1) is 6.92 Å². The molecular weight excluding hydrogens is 622 g/mol. The van der Waals surface area contributed by atoms with E-state index in [1.807, 2.05) is 75.4 Å². The quantitative estimate of drug-likeness (QED) is 0.169. The number of ether oxygens (including phenoxy) is 1. The van der Waals surface area contributed by atoms with E-state index in [2.05, 4.69) is 5.32 Å². The highest BCUT2D eigenvalue weighted by Gasteiger charge is 2.35. The highest BCUT2D eigenvalue weighted by atomic mass is 35.5. The summed E-state index contributed by atoms with van der Waals surface area (Å²) in [7, 11) is -2.77. The van der Waals surface area contributed by atoms with Crippen molar-refractivity contribution in [3.05, 3.63) is 125 Å². The van der Waals surface area contributed by atoms with Crippen LogP contribution in [0.15, 0.2) is 108 Å². The van der Waals surface area contributed by atoms with Gasteiger partial charge in [0.25, 0.3) is 10.0 Å². The van der Waals surface area contributed by atoms with E-state index in [0.717, 1.165) is 21.0 Å². The van der Waals surface area contributed by atoms with Crippen molar-refractivity contribution in [3.8, 4) is 5.75 Å². The summed E-state index contributed by atoms with van der Waals surface area (Å²) in [6.07, 6.45) is 0.946. The van der Waals surface area contributed by atoms with Crippen molar-refractivity contribution in [2.24, 2.45) is 0 Å². The van der Waals surface area contributed by atoms with Crippen molar-refractivity contribution in [2.75, 3.05) is 18.0 Å². The molecule has 0 fully saturated rings. The van der Waals surface area contributed by atoms with Crippen molar-refractivity contribution in [3.63, 3.8) is 0 Å². The molecule has 4 aromatic carbocycles. The van der Waals surface area contributed by atoms with Gasteiger partial charge in [-0.1, -0.05) is 84.8 Å². The summed E-state index contributed by atoms with van der Waals surface area (Å²) in [6.45, 7) is 5.38. The number of anilines is 1. The Labute approximate surface area is 277 Å². The summed E-state index contributed by atoms with van der Waals surface area (Å²) in [5, 5.41) is 3.36. The first-order valence-electron chi connectivity index (χ1n) is 15.1. The van der Waals surface area contributed by atoms with Crippen LogP contribution in [0.3, 0.4) is 0 Å². The smallest absolute Gasteiger partial charge is 0.264 e. The minimum Gasteiger partial charge on any atom is -0.497 e. The van der Waals surface area contributed by atoms with E-state index in [9.17, 15) is 18.0 Å². The monoisotopic (exact) mass is 661 g/mol. The van der Waals surface area contributed by atoms with Gasteiger partial charge in [-0.3, -0.25) is 13.9 Å². The highest BCUT2D eigenvalue weighted by Crippen LogP contribution is 2.28. The molecule has 0 aliphatic rings. The SMILES string of the molecule is CC[C@@H](C)NC(=O)[C@H](Cc1ccccc1)N(Cc1ccc(C)cc1)C(=O)CN(c1cccc(Cl)c1)S(=O)(=O)c1ccc(OC)cc1. The standard InChI is InChI=1S/C36H40ClN3O5S/c1-5-27(3)38-36(42)34(22-28-10-7-6-8-11-28)39(24-29-16-14-26(2)15-17-29)35(41)25-40(31-13-9-12-30(37)23-31)46(43,44)33-20-18-32(45-4)19-21-33/h6-21,23,27,34H,5,22,24-25H2,1-4H3,(H,38,42)/t27-,34+/m1/s1. The fourth-order valence-corrected chi connectivity index (χ4v) is 6.51. The fraction of sp³-hybridized carbons (Fsp3) is 0.278. The minimum atomic E-state index is -4.26. The molecule has 2 amide bonds. The molecule has 8 nitrogen and oxygen atoms in total. The molecule has 4 rings (SSSR count). The third kappa shape index (κ3) is 8.89. The zero-order valence-corrected chi connectivity index (χ0v) is 28.1. The summed E-state index contributed by atoms with van der Waals surface area (Å²) in [4.78, 5) is 29.9. The number of carbonyl (C=O) groups excluding carboxylic acids is 2. The first-order chi connectivity index (χ1) is 22.0. The number of carbonyl (C=O) groups is 2. The van der Waals surface area contributed by atoms with E-state index in [1.54, 1.807) is 30.3 Å². The van der Waals surface area contributed by atoms with Crippen molar-refractivity contribution in [2.45, 2.75) is 57.1 Å². The predicted octanol–water partition coefficient (Wildman–Crippen LogP) is 6.41. The van der Waals surface area contributed by atoms with E-state index in [1.165, 1.54) is 30.2 Å². The van der Waals surface area contributed by atoms with Gasteiger partial charge in [0.1, 0.15) is 18.3 Å². The number of amides is 2. The van der Waals surface area contributed by atoms with Crippen LogP contribution < -0.4 is 14.4 Å². The third-order valence-corrected chi connectivity index (χ3v) is 9.79. The number of sulfonamides is 1. The summed E-state index contributed by atoms with van der Waals surface area (Å²) < 4.78 is 34.6. The molecule has 4 aromatic rings. The average Bonchev–Trinajstić information content (AvgIpc) is 3.06. The Kier molecular flexibility index (Phi) is 11.8. The van der Waals surface area contributed by atoms with Crippen LogP contribution in [-0.4, -0.2) is 50.9 Å². The molecule has 0 spiro atoms. The Morgan fingerprint density at radius 1 is 0.891 bits per heavy atom. The summed E-state index contributed by atoms with van der Waals surface area (Å²) in [6, 6.07) is 28.4. The molecule has 0 bridgehead atoms. The van der Waals surface area contributed by atoms with E-state index >= 15 is 0 Å². The van der Waals surface area contributed by atoms with Gasteiger partial charge in [-0.25, -0.2) is 8.42 Å². The normalized spacial score (nSPS) is 12.5. The summed E-state index contributed by atoms with van der Waals surface area (Å²) in [5.74, 6) is -0.367. The minimum absolute atomic E-state index is 0.0264. The molecule has 0 radical (unpaired) electrons. The van der Waals surface area contributed by atoms with Crippen LogP contribution in [0.2, 0.25) is 5.02 Å². The zero-order valence-electron chi connectivity index (χ0n) is 26.5. The first-order valence-corrected chi connectivity index (χ1v) is 16.9. The fourth-order valence-electron chi connectivity index (χ4n) is 4.92. The maximum atomic E-state index is 14.5. The molecule has 1 N–H and O–H groups in total. The van der Waals surface area contributed by atoms with Gasteiger partial charge >= 0.3 is 0 Å². The number of methoxy groups -OCH3 is 1. The van der Waals surface area contributed by atoms with E-state index in [0.29, 0.717) is 17.2 Å². The predicted molar refractivity (Wildman–Crippen MR) is 183 cm³/mol. The van der Waals surface area contributed by atoms with Crippen molar-refractivity contribution in [1.29, 1.82) is 0 Å². The van der Waals surface area contributed by atoms with Gasteiger partial charge in [0.2, 0.25) is 11.8 Å². The van der Waals surface area contributed by atoms with Gasteiger partial charge in [0.15, 0.2) is 0 Å². The molecule has 0 aliphatic heterocycles. The second kappa shape index (κ2) is 15.8. The van der Waals surface area contributed by atoms with Crippen LogP contribution in [0.4, 0.5) is 5.69 Å². The second-order valence-corrected chi connectivity index (χ2v) is 13.5. The van der Waals surface area contributed by atoms with Crippen molar-refractivity contribution in [1.82, 2.24) is 10.2 Å². The number of benzene rings is 4. The average molecular weight is 662 g/mol. The van der Waals surface area contributed by atoms with Crippen molar-refractivity contribution >= 4 is 39.1 Å². The lowest BCUT2D eigenvalue weighted by molar-refractivity contribution is -0.140. The molecule has 242 valence electrons. The summed E-state index contributed by atoms with van der Waals surface area (Å²) in [5.41, 5.74) is 2.94. The van der Waals surface area contributed by atoms with Gasteiger partial charge in [-0.05, 0) is 73.9 Å². The Morgan fingerprint density at radius 3 is 2.17 bits per heavy atom. The van der Waals surface area contributed by atoms with Crippen molar-refractivity contribution < 1.29 is 22.7 Å². The lowest BCUT2D eigenvalue weighted by Gasteiger charge is -2.34. The number of hydrogen-bond acceptors (Lipinski definition) is 5. The number of hydrogen-bond donors (Lipinski definition) is 1. The number of nitrogens with zero attached hydrogens (tertiary/aromatic N) is 2. The molecular formula is C36H40ClN3O5S. The van der Waals surface area contributed by atoms with Crippen LogP contribution in [-0.2, 0) is 32.6 Å². The molecule has 10 heteroatoms. The molecule has 2 atom stereocenters. The lowest BCUT2D eigenvalue weighted by Crippen LogP contribution is -2.54. The largest absolute Gasteiger partial charge is 0.497 e. The van der Waals surface area contributed by atoms with Crippen LogP contribution in [0.5, 0.6) is 5.75 Å². The van der Waals surface area contributed by atoms with Gasteiger partial charge in [0, 0.05) is 24.0 Å². The molecule has 0 aliphatic carbocycles. The lowest BCUT2D eigenvalue weighted by atomic mass is 10.0. The topological polar surface area (TPSA) is 96.0 Å². The second-order valence-electron chi connectivity index (χ2n) is 11.2. The Balaban J connectivity index is 1.80. The van der Waals surface area contributed by atoms with E-state index in [-0.39, 0.29) is 35.5 Å². The zero-order chi connectivity index (χ0) is 33.3. The highest BCUT2D eigenvalue weighted by molar-refractivity contribution is 7.92. The maximum absolute atomic E-state index is 14.5. The number of rotatable bonds is 14. The van der Waals surface area contributed by atoms with Gasteiger partial charge in [-0.2, -0.15) is 0 Å². The maximum Gasteiger partial charge on any atom is 0.264 e. The number of aryl methyl sites for hydroxylation is 1. The molecule has 0 aromatic heterocycles. The van der Waals surface area contributed by atoms with E-state index < -0.39 is 28.5 Å². The number of nitrogens with one attached hydrogen (secondary N) is 1. The molecule has 0 unspecified atom stereocenters. The first kappa shape index (κ1) is 34.5.